The normalized spacial score (nSPS) is 28.6. The van der Waals surface area contributed by atoms with Crippen LogP contribution < -0.4 is 5.32 Å². The molecule has 3 fully saturated rings. The molecule has 0 radical (unpaired) electrons. The second-order valence-corrected chi connectivity index (χ2v) is 7.52. The van der Waals surface area contributed by atoms with Crippen molar-refractivity contribution >= 4 is 11.8 Å². The van der Waals surface area contributed by atoms with E-state index in [4.69, 9.17) is 0 Å². The molecule has 4 rings (SSSR count). The molecule has 6 heteroatoms. The van der Waals surface area contributed by atoms with Gasteiger partial charge in [-0.15, -0.1) is 0 Å². The monoisotopic (exact) mass is 348 g/mol. The van der Waals surface area contributed by atoms with Crippen molar-refractivity contribution in [3.8, 4) is 0 Å². The van der Waals surface area contributed by atoms with E-state index in [2.05, 4.69) is 5.32 Å². The number of rotatable bonds is 4. The van der Waals surface area contributed by atoms with Gasteiger partial charge in [-0.2, -0.15) is 0 Å². The van der Waals surface area contributed by atoms with Crippen LogP contribution in [0.3, 0.4) is 0 Å². The molecule has 25 heavy (non-hydrogen) atoms. The summed E-state index contributed by atoms with van der Waals surface area (Å²) in [6.07, 6.45) is 4.24. The van der Waals surface area contributed by atoms with Crippen LogP contribution in [0.2, 0.25) is 0 Å². The van der Waals surface area contributed by atoms with Crippen molar-refractivity contribution in [1.29, 1.82) is 0 Å². The van der Waals surface area contributed by atoms with Crippen LogP contribution >= 0.6 is 0 Å². The molecule has 134 valence electrons. The summed E-state index contributed by atoms with van der Waals surface area (Å²) >= 11 is 0. The zero-order valence-corrected chi connectivity index (χ0v) is 14.0. The Kier molecular flexibility index (Phi) is 4.21. The van der Waals surface area contributed by atoms with E-state index in [1.807, 2.05) is 4.90 Å². The first kappa shape index (κ1) is 16.5. The number of benzene rings is 1. The molecule has 2 saturated carbocycles. The van der Waals surface area contributed by atoms with Crippen molar-refractivity contribution in [2.75, 3.05) is 13.1 Å². The first-order valence-corrected chi connectivity index (χ1v) is 9.07. The van der Waals surface area contributed by atoms with Crippen molar-refractivity contribution < 1.29 is 18.4 Å². The highest BCUT2D eigenvalue weighted by molar-refractivity contribution is 5.83. The van der Waals surface area contributed by atoms with E-state index in [0.29, 0.717) is 18.5 Å². The molecule has 1 N–H and O–H groups in total. The fourth-order valence-electron chi connectivity index (χ4n) is 3.78. The molecule has 0 aromatic heterocycles. The number of piperidine rings is 1. The smallest absolute Gasteiger partial charge is 0.225 e. The van der Waals surface area contributed by atoms with E-state index < -0.39 is 11.6 Å². The molecule has 2 aliphatic carbocycles. The number of nitrogens with zero attached hydrogens (tertiary/aromatic N) is 1. The minimum Gasteiger partial charge on any atom is -0.352 e. The minimum absolute atomic E-state index is 0.0525. The molecule has 3 atom stereocenters. The quantitative estimate of drug-likeness (QED) is 0.909. The lowest BCUT2D eigenvalue weighted by atomic mass is 9.96. The van der Waals surface area contributed by atoms with Crippen LogP contribution in [0.25, 0.3) is 0 Å². The maximum Gasteiger partial charge on any atom is 0.225 e. The van der Waals surface area contributed by atoms with Gasteiger partial charge in [-0.05, 0) is 43.7 Å². The molecule has 2 amide bonds. The second-order valence-electron chi connectivity index (χ2n) is 7.52. The lowest BCUT2D eigenvalue weighted by Crippen LogP contribution is -2.46. The molecule has 1 saturated heterocycles. The Balaban J connectivity index is 1.32. The van der Waals surface area contributed by atoms with Gasteiger partial charge in [0.25, 0.3) is 0 Å². The highest BCUT2D eigenvalue weighted by atomic mass is 19.1. The van der Waals surface area contributed by atoms with E-state index in [9.17, 15) is 18.4 Å². The lowest BCUT2D eigenvalue weighted by Gasteiger charge is -2.32. The average Bonchev–Trinajstić information content (AvgIpc) is 3.49. The fraction of sp³-hybridized carbons (Fsp3) is 0.579. The van der Waals surface area contributed by atoms with Crippen molar-refractivity contribution in [2.45, 2.75) is 44.1 Å². The third kappa shape index (κ3) is 3.53. The third-order valence-electron chi connectivity index (χ3n) is 5.51. The number of hydrogen-bond acceptors (Lipinski definition) is 2. The molecule has 1 aliphatic heterocycles. The van der Waals surface area contributed by atoms with Gasteiger partial charge in [0.1, 0.15) is 11.6 Å². The molecule has 0 bridgehead atoms. The summed E-state index contributed by atoms with van der Waals surface area (Å²) in [5, 5.41) is 2.98. The second kappa shape index (κ2) is 6.39. The van der Waals surface area contributed by atoms with Gasteiger partial charge in [-0.3, -0.25) is 9.59 Å². The van der Waals surface area contributed by atoms with Gasteiger partial charge in [-0.25, -0.2) is 8.78 Å². The van der Waals surface area contributed by atoms with E-state index in [0.717, 1.165) is 38.3 Å². The number of hydrogen-bond donors (Lipinski definition) is 1. The Morgan fingerprint density at radius 3 is 2.64 bits per heavy atom. The molecule has 0 unspecified atom stereocenters. The predicted octanol–water partition coefficient (Wildman–Crippen LogP) is 2.59. The predicted molar refractivity (Wildman–Crippen MR) is 87.7 cm³/mol. The van der Waals surface area contributed by atoms with Gasteiger partial charge in [0, 0.05) is 37.0 Å². The van der Waals surface area contributed by atoms with Crippen molar-refractivity contribution in [3.63, 3.8) is 0 Å². The standard InChI is InChI=1S/C19H22F2N2O2/c20-13-5-6-14(16(21)8-13)15-9-17(15)22-18(24)12-2-1-7-23(10-12)19(25)11-3-4-11/h5-6,8,11-12,15,17H,1-4,7,9-10H2,(H,22,24)/t12-,15+,17+/m0/s1. The van der Waals surface area contributed by atoms with Crippen LogP contribution in [-0.4, -0.2) is 35.8 Å². The topological polar surface area (TPSA) is 49.4 Å². The number of likely N-dealkylation sites (tertiary alicyclic amines) is 1. The van der Waals surface area contributed by atoms with Gasteiger partial charge in [0.15, 0.2) is 0 Å². The molecular formula is C19H22F2N2O2. The van der Waals surface area contributed by atoms with E-state index in [-0.39, 0.29) is 35.6 Å². The number of carbonyl (C=O) groups is 2. The summed E-state index contributed by atoms with van der Waals surface area (Å²) in [6, 6.07) is 3.49. The summed E-state index contributed by atoms with van der Waals surface area (Å²) in [4.78, 5) is 26.5. The average molecular weight is 348 g/mol. The van der Waals surface area contributed by atoms with Gasteiger partial charge in [0.2, 0.25) is 11.8 Å². The number of carbonyl (C=O) groups excluding carboxylic acids is 2. The van der Waals surface area contributed by atoms with Crippen molar-refractivity contribution in [1.82, 2.24) is 10.2 Å². The molecular weight excluding hydrogens is 326 g/mol. The van der Waals surface area contributed by atoms with Crippen LogP contribution in [0.4, 0.5) is 8.78 Å². The van der Waals surface area contributed by atoms with Crippen molar-refractivity contribution in [3.05, 3.63) is 35.4 Å². The Morgan fingerprint density at radius 2 is 1.92 bits per heavy atom. The Bertz CT molecular complexity index is 705. The summed E-state index contributed by atoms with van der Waals surface area (Å²) in [7, 11) is 0. The molecule has 3 aliphatic rings. The van der Waals surface area contributed by atoms with E-state index >= 15 is 0 Å². The maximum absolute atomic E-state index is 13.8. The molecule has 1 aromatic rings. The number of halogens is 2. The van der Waals surface area contributed by atoms with Gasteiger partial charge < -0.3 is 10.2 Å². The lowest BCUT2D eigenvalue weighted by molar-refractivity contribution is -0.136. The molecule has 1 heterocycles. The largest absolute Gasteiger partial charge is 0.352 e. The minimum atomic E-state index is -0.592. The Hall–Kier alpha value is -1.98. The maximum atomic E-state index is 13.8. The summed E-state index contributed by atoms with van der Waals surface area (Å²) < 4.78 is 26.8. The summed E-state index contributed by atoms with van der Waals surface area (Å²) in [5.41, 5.74) is 0.459. The molecule has 1 aromatic carbocycles. The SMILES string of the molecule is O=C(N[C@@H]1C[C@@H]1c1ccc(F)cc1F)[C@H]1CCCN(C(=O)C2CC2)C1. The molecule has 0 spiro atoms. The van der Waals surface area contributed by atoms with Crippen LogP contribution in [0.5, 0.6) is 0 Å². The van der Waals surface area contributed by atoms with Gasteiger partial charge in [0.05, 0.1) is 5.92 Å². The third-order valence-corrected chi connectivity index (χ3v) is 5.51. The number of nitrogens with one attached hydrogen (secondary N) is 1. The van der Waals surface area contributed by atoms with Crippen LogP contribution in [0.15, 0.2) is 18.2 Å². The van der Waals surface area contributed by atoms with Gasteiger partial charge >= 0.3 is 0 Å². The fourth-order valence-corrected chi connectivity index (χ4v) is 3.78. The molecule has 4 nitrogen and oxygen atoms in total. The Labute approximate surface area is 145 Å². The summed E-state index contributed by atoms with van der Waals surface area (Å²) in [6.45, 7) is 1.23. The first-order valence-electron chi connectivity index (χ1n) is 9.07. The Morgan fingerprint density at radius 1 is 1.12 bits per heavy atom. The summed E-state index contributed by atoms with van der Waals surface area (Å²) in [5.74, 6) is -1.10. The van der Waals surface area contributed by atoms with Gasteiger partial charge in [-0.1, -0.05) is 6.07 Å². The van der Waals surface area contributed by atoms with Crippen LogP contribution in [-0.2, 0) is 9.59 Å². The first-order chi connectivity index (χ1) is 12.0. The van der Waals surface area contributed by atoms with E-state index in [1.165, 1.54) is 12.1 Å². The van der Waals surface area contributed by atoms with Crippen molar-refractivity contribution in [2.24, 2.45) is 11.8 Å². The zero-order valence-electron chi connectivity index (χ0n) is 14.0. The van der Waals surface area contributed by atoms with Crippen LogP contribution in [0, 0.1) is 23.5 Å². The highest BCUT2D eigenvalue weighted by Gasteiger charge is 2.43. The number of amides is 2. The van der Waals surface area contributed by atoms with E-state index in [1.54, 1.807) is 0 Å². The zero-order chi connectivity index (χ0) is 17.6. The van der Waals surface area contributed by atoms with Crippen LogP contribution in [0.1, 0.15) is 43.6 Å². The highest BCUT2D eigenvalue weighted by Crippen LogP contribution is 2.42.